The molecule has 1 saturated heterocycles. The summed E-state index contributed by atoms with van der Waals surface area (Å²) in [6.45, 7) is 5.65. The number of hydrogen-bond acceptors (Lipinski definition) is 2. The number of benzene rings is 1. The van der Waals surface area contributed by atoms with Gasteiger partial charge in [0.05, 0.1) is 12.6 Å². The number of nitrogens with zero attached hydrogens (tertiary/aromatic N) is 1. The van der Waals surface area contributed by atoms with E-state index in [1.807, 2.05) is 18.2 Å². The maximum absolute atomic E-state index is 12.3. The Hall–Kier alpha value is -1.55. The van der Waals surface area contributed by atoms with E-state index in [4.69, 9.17) is 0 Å². The molecule has 4 nitrogen and oxygen atoms in total. The zero-order valence-electron chi connectivity index (χ0n) is 13.0. The van der Waals surface area contributed by atoms with E-state index >= 15 is 0 Å². The zero-order chi connectivity index (χ0) is 15.2. The molecule has 3 atom stereocenters. The van der Waals surface area contributed by atoms with Crippen LogP contribution in [0.2, 0.25) is 0 Å². The van der Waals surface area contributed by atoms with Gasteiger partial charge in [-0.2, -0.15) is 0 Å². The lowest BCUT2D eigenvalue weighted by atomic mass is 9.96. The Labute approximate surface area is 127 Å². The third-order valence-electron chi connectivity index (χ3n) is 4.59. The molecule has 0 aromatic heterocycles. The smallest absolute Gasteiger partial charge is 0.317 e. The quantitative estimate of drug-likeness (QED) is 0.876. The van der Waals surface area contributed by atoms with Crippen molar-refractivity contribution < 1.29 is 9.90 Å². The molecule has 0 aliphatic carbocycles. The Morgan fingerprint density at radius 1 is 1.43 bits per heavy atom. The second-order valence-corrected chi connectivity index (χ2v) is 5.91. The van der Waals surface area contributed by atoms with Crippen molar-refractivity contribution in [2.75, 3.05) is 19.7 Å². The highest BCUT2D eigenvalue weighted by Crippen LogP contribution is 2.24. The third kappa shape index (κ3) is 3.76. The van der Waals surface area contributed by atoms with Crippen LogP contribution in [-0.2, 0) is 0 Å². The molecule has 0 radical (unpaired) electrons. The molecule has 2 amide bonds. The van der Waals surface area contributed by atoms with Crippen LogP contribution in [0.1, 0.15) is 38.2 Å². The number of amides is 2. The van der Waals surface area contributed by atoms with Gasteiger partial charge in [0.1, 0.15) is 0 Å². The van der Waals surface area contributed by atoms with Crippen LogP contribution in [0.15, 0.2) is 30.3 Å². The predicted octanol–water partition coefficient (Wildman–Crippen LogP) is 2.59. The second-order valence-electron chi connectivity index (χ2n) is 5.91. The standard InChI is InChI=1S/C17H26N2O2/c1-3-14(15-7-5-4-6-8-15)11-18-17(21)19-10-9-13(2)16(19)12-20/h4-8,13-14,16,20H,3,9-12H2,1-2H3,(H,18,21)/t13-,14-,16+/m1/s1. The highest BCUT2D eigenvalue weighted by atomic mass is 16.3. The lowest BCUT2D eigenvalue weighted by molar-refractivity contribution is 0.143. The number of carbonyl (C=O) groups excluding carboxylic acids is 1. The van der Waals surface area contributed by atoms with E-state index in [2.05, 4.69) is 31.3 Å². The summed E-state index contributed by atoms with van der Waals surface area (Å²) >= 11 is 0. The number of nitrogens with one attached hydrogen (secondary N) is 1. The molecule has 4 heteroatoms. The SMILES string of the molecule is CC[C@H](CNC(=O)N1CC[C@@H](C)[C@@H]1CO)c1ccccc1. The molecule has 2 N–H and O–H groups in total. The molecule has 0 spiro atoms. The molecule has 1 aliphatic rings. The summed E-state index contributed by atoms with van der Waals surface area (Å²) in [5.41, 5.74) is 1.26. The van der Waals surface area contributed by atoms with Gasteiger partial charge in [-0.15, -0.1) is 0 Å². The fourth-order valence-electron chi connectivity index (χ4n) is 3.07. The summed E-state index contributed by atoms with van der Waals surface area (Å²) < 4.78 is 0. The Bertz CT molecular complexity index is 449. The van der Waals surface area contributed by atoms with Crippen LogP contribution in [0.25, 0.3) is 0 Å². The van der Waals surface area contributed by atoms with Crippen LogP contribution in [0.4, 0.5) is 4.79 Å². The molecule has 2 rings (SSSR count). The van der Waals surface area contributed by atoms with Gasteiger partial charge < -0.3 is 15.3 Å². The number of aliphatic hydroxyl groups excluding tert-OH is 1. The number of hydrogen-bond donors (Lipinski definition) is 2. The lowest BCUT2D eigenvalue weighted by Crippen LogP contribution is -2.46. The van der Waals surface area contributed by atoms with E-state index in [0.717, 1.165) is 19.4 Å². The molecule has 1 fully saturated rings. The number of aliphatic hydroxyl groups is 1. The summed E-state index contributed by atoms with van der Waals surface area (Å²) in [5, 5.41) is 12.5. The van der Waals surface area contributed by atoms with Gasteiger partial charge in [-0.25, -0.2) is 4.79 Å². The highest BCUT2D eigenvalue weighted by Gasteiger charge is 2.33. The Kier molecular flexibility index (Phi) is 5.62. The highest BCUT2D eigenvalue weighted by molar-refractivity contribution is 5.75. The van der Waals surface area contributed by atoms with Crippen LogP contribution in [0.3, 0.4) is 0 Å². The number of likely N-dealkylation sites (tertiary alicyclic amines) is 1. The van der Waals surface area contributed by atoms with Crippen molar-refractivity contribution in [3.63, 3.8) is 0 Å². The van der Waals surface area contributed by atoms with E-state index in [1.165, 1.54) is 5.56 Å². The molecule has 21 heavy (non-hydrogen) atoms. The summed E-state index contributed by atoms with van der Waals surface area (Å²) in [7, 11) is 0. The van der Waals surface area contributed by atoms with Crippen LogP contribution < -0.4 is 5.32 Å². The molecule has 116 valence electrons. The molecule has 0 bridgehead atoms. The van der Waals surface area contributed by atoms with E-state index in [0.29, 0.717) is 18.4 Å². The number of rotatable bonds is 5. The Morgan fingerprint density at radius 2 is 2.14 bits per heavy atom. The number of urea groups is 1. The van der Waals surface area contributed by atoms with Crippen molar-refractivity contribution in [2.45, 2.75) is 38.6 Å². The first-order valence-corrected chi connectivity index (χ1v) is 7.87. The van der Waals surface area contributed by atoms with Gasteiger partial charge in [-0.1, -0.05) is 44.2 Å². The molecule has 1 aliphatic heterocycles. The van der Waals surface area contributed by atoms with Gasteiger partial charge in [0.15, 0.2) is 0 Å². The van der Waals surface area contributed by atoms with Crippen molar-refractivity contribution in [2.24, 2.45) is 5.92 Å². The van der Waals surface area contributed by atoms with E-state index in [-0.39, 0.29) is 18.7 Å². The fraction of sp³-hybridized carbons (Fsp3) is 0.588. The average molecular weight is 290 g/mol. The van der Waals surface area contributed by atoms with Gasteiger partial charge in [0.2, 0.25) is 0 Å². The van der Waals surface area contributed by atoms with Gasteiger partial charge in [-0.05, 0) is 24.3 Å². The minimum atomic E-state index is -0.0484. The molecule has 0 unspecified atom stereocenters. The van der Waals surface area contributed by atoms with Crippen molar-refractivity contribution in [3.8, 4) is 0 Å². The molecule has 1 aromatic rings. The van der Waals surface area contributed by atoms with Crippen molar-refractivity contribution in [1.82, 2.24) is 10.2 Å². The van der Waals surface area contributed by atoms with Crippen molar-refractivity contribution in [1.29, 1.82) is 0 Å². The largest absolute Gasteiger partial charge is 0.394 e. The molecular weight excluding hydrogens is 264 g/mol. The molecule has 1 aromatic carbocycles. The summed E-state index contributed by atoms with van der Waals surface area (Å²) in [5.74, 6) is 0.708. The predicted molar refractivity (Wildman–Crippen MR) is 84.2 cm³/mol. The summed E-state index contributed by atoms with van der Waals surface area (Å²) in [4.78, 5) is 14.1. The normalized spacial score (nSPS) is 23.1. The van der Waals surface area contributed by atoms with Crippen molar-refractivity contribution in [3.05, 3.63) is 35.9 Å². The van der Waals surface area contributed by atoms with Crippen LogP contribution in [-0.4, -0.2) is 41.8 Å². The lowest BCUT2D eigenvalue weighted by Gasteiger charge is -2.26. The summed E-state index contributed by atoms with van der Waals surface area (Å²) in [6.07, 6.45) is 1.96. The molecule has 0 saturated carbocycles. The monoisotopic (exact) mass is 290 g/mol. The zero-order valence-corrected chi connectivity index (χ0v) is 13.0. The first kappa shape index (κ1) is 15.8. The van der Waals surface area contributed by atoms with Gasteiger partial charge >= 0.3 is 6.03 Å². The minimum absolute atomic E-state index is 0.0400. The Morgan fingerprint density at radius 3 is 2.76 bits per heavy atom. The molecule has 1 heterocycles. The minimum Gasteiger partial charge on any atom is -0.394 e. The fourth-order valence-corrected chi connectivity index (χ4v) is 3.07. The summed E-state index contributed by atoms with van der Waals surface area (Å²) in [6, 6.07) is 10.2. The third-order valence-corrected chi connectivity index (χ3v) is 4.59. The van der Waals surface area contributed by atoms with Gasteiger partial charge in [-0.3, -0.25) is 0 Å². The van der Waals surface area contributed by atoms with Crippen LogP contribution in [0.5, 0.6) is 0 Å². The average Bonchev–Trinajstić information content (AvgIpc) is 2.89. The molecular formula is C17H26N2O2. The van der Waals surface area contributed by atoms with Gasteiger partial charge in [0.25, 0.3) is 0 Å². The van der Waals surface area contributed by atoms with E-state index in [1.54, 1.807) is 4.90 Å². The van der Waals surface area contributed by atoms with E-state index < -0.39 is 0 Å². The van der Waals surface area contributed by atoms with E-state index in [9.17, 15) is 9.90 Å². The Balaban J connectivity index is 1.91. The number of carbonyl (C=O) groups is 1. The topological polar surface area (TPSA) is 52.6 Å². The van der Waals surface area contributed by atoms with Crippen LogP contribution in [0, 0.1) is 5.92 Å². The maximum Gasteiger partial charge on any atom is 0.317 e. The van der Waals surface area contributed by atoms with Crippen LogP contribution >= 0.6 is 0 Å². The second kappa shape index (κ2) is 7.46. The maximum atomic E-state index is 12.3. The van der Waals surface area contributed by atoms with Crippen molar-refractivity contribution >= 4 is 6.03 Å². The van der Waals surface area contributed by atoms with Gasteiger partial charge in [0, 0.05) is 19.0 Å². The first-order valence-electron chi connectivity index (χ1n) is 7.87. The first-order chi connectivity index (χ1) is 10.2.